The summed E-state index contributed by atoms with van der Waals surface area (Å²) in [5.41, 5.74) is 14.6. The largest absolute Gasteiger partial charge is 0.397 e. The van der Waals surface area contributed by atoms with Gasteiger partial charge >= 0.3 is 0 Å². The van der Waals surface area contributed by atoms with Gasteiger partial charge in [-0.1, -0.05) is 0 Å². The molecule has 0 radical (unpaired) electrons. The van der Waals surface area contributed by atoms with E-state index in [2.05, 4.69) is 10.3 Å². The van der Waals surface area contributed by atoms with Crippen molar-refractivity contribution < 1.29 is 13.9 Å². The second-order valence-electron chi connectivity index (χ2n) is 9.45. The number of hydrogen-bond acceptors (Lipinski definition) is 8. The number of nitrogens with two attached hydrogens (primary N) is 2. The SMILES string of the molecule is COC1(C)CN(c2cc(F)c3c(n2)CCC(NC(=O)c2sc4nc(C)ccc4c2N)C3)CC1N. The molecule has 0 bridgehead atoms. The summed E-state index contributed by atoms with van der Waals surface area (Å²) >= 11 is 1.28. The van der Waals surface area contributed by atoms with Crippen molar-refractivity contribution in [1.29, 1.82) is 0 Å². The summed E-state index contributed by atoms with van der Waals surface area (Å²) < 4.78 is 20.8. The third-order valence-corrected chi connectivity index (χ3v) is 8.21. The number of ether oxygens (including phenoxy) is 1. The minimum absolute atomic E-state index is 0.182. The zero-order valence-electron chi connectivity index (χ0n) is 19.5. The molecule has 5 N–H and O–H groups in total. The molecule has 4 heterocycles. The summed E-state index contributed by atoms with van der Waals surface area (Å²) in [7, 11) is 1.64. The molecule has 0 saturated carbocycles. The number of rotatable bonds is 4. The standard InChI is InChI=1S/C24H29FN6O2S/c1-12-4-6-14-20(27)21(34-23(14)28-12)22(32)29-13-5-7-17-15(8-13)16(25)9-19(30-17)31-10-18(26)24(2,11-31)33-3/h4,6,9,13,18H,5,7-8,10-11,26-27H2,1-3H3,(H,29,32). The molecule has 1 amide bonds. The van der Waals surface area contributed by atoms with Gasteiger partial charge in [0.05, 0.1) is 17.3 Å². The quantitative estimate of drug-likeness (QED) is 0.521. The van der Waals surface area contributed by atoms with E-state index in [1.165, 1.54) is 17.4 Å². The number of aryl methyl sites for hydroxylation is 2. The van der Waals surface area contributed by atoms with E-state index in [0.717, 1.165) is 21.6 Å². The van der Waals surface area contributed by atoms with Crippen molar-refractivity contribution in [1.82, 2.24) is 15.3 Å². The number of nitrogen functional groups attached to an aromatic ring is 1. The van der Waals surface area contributed by atoms with Crippen LogP contribution in [-0.2, 0) is 17.6 Å². The number of amides is 1. The van der Waals surface area contributed by atoms with E-state index in [1.807, 2.05) is 30.9 Å². The lowest BCUT2D eigenvalue weighted by molar-refractivity contribution is 0.0129. The summed E-state index contributed by atoms with van der Waals surface area (Å²) in [5, 5.41) is 3.82. The first-order valence-electron chi connectivity index (χ1n) is 11.4. The Morgan fingerprint density at radius 2 is 2.18 bits per heavy atom. The summed E-state index contributed by atoms with van der Waals surface area (Å²) in [6, 6.07) is 4.85. The number of nitrogens with one attached hydrogen (secondary N) is 1. The summed E-state index contributed by atoms with van der Waals surface area (Å²) in [5.74, 6) is 0.0249. The summed E-state index contributed by atoms with van der Waals surface area (Å²) in [4.78, 5) is 25.4. The third-order valence-electron chi connectivity index (χ3n) is 7.09. The van der Waals surface area contributed by atoms with E-state index >= 15 is 4.39 Å². The van der Waals surface area contributed by atoms with Crippen LogP contribution in [0.15, 0.2) is 18.2 Å². The van der Waals surface area contributed by atoms with Crippen LogP contribution in [0, 0.1) is 12.7 Å². The molecule has 3 unspecified atom stereocenters. The first-order chi connectivity index (χ1) is 16.2. The summed E-state index contributed by atoms with van der Waals surface area (Å²) in [6.45, 7) is 4.97. The molecule has 0 spiro atoms. The predicted octanol–water partition coefficient (Wildman–Crippen LogP) is 2.56. The molecule has 3 atom stereocenters. The van der Waals surface area contributed by atoms with E-state index < -0.39 is 5.60 Å². The Hall–Kier alpha value is -2.82. The van der Waals surface area contributed by atoms with E-state index in [1.54, 1.807) is 7.11 Å². The van der Waals surface area contributed by atoms with Crippen molar-refractivity contribution in [3.05, 3.63) is 45.8 Å². The minimum Gasteiger partial charge on any atom is -0.397 e. The monoisotopic (exact) mass is 484 g/mol. The van der Waals surface area contributed by atoms with Gasteiger partial charge in [-0.3, -0.25) is 4.79 Å². The number of anilines is 2. The van der Waals surface area contributed by atoms with Crippen LogP contribution in [0.2, 0.25) is 0 Å². The number of pyridine rings is 2. The fourth-order valence-corrected chi connectivity index (χ4v) is 5.88. The summed E-state index contributed by atoms with van der Waals surface area (Å²) in [6.07, 6.45) is 1.64. The van der Waals surface area contributed by atoms with Crippen LogP contribution in [0.5, 0.6) is 0 Å². The molecule has 1 aliphatic carbocycles. The highest BCUT2D eigenvalue weighted by molar-refractivity contribution is 7.21. The van der Waals surface area contributed by atoms with Crippen LogP contribution in [0.1, 0.15) is 40.0 Å². The molecule has 5 rings (SSSR count). The van der Waals surface area contributed by atoms with Gasteiger partial charge in [0.25, 0.3) is 5.91 Å². The molecule has 1 fully saturated rings. The van der Waals surface area contributed by atoms with Crippen molar-refractivity contribution in [2.24, 2.45) is 5.73 Å². The van der Waals surface area contributed by atoms with Crippen molar-refractivity contribution in [2.45, 2.75) is 50.8 Å². The molecule has 3 aromatic heterocycles. The maximum absolute atomic E-state index is 15.2. The highest BCUT2D eigenvalue weighted by Crippen LogP contribution is 2.34. The predicted molar refractivity (Wildman–Crippen MR) is 132 cm³/mol. The van der Waals surface area contributed by atoms with E-state index in [0.29, 0.717) is 54.3 Å². The topological polar surface area (TPSA) is 119 Å². The molecule has 1 aliphatic heterocycles. The lowest BCUT2D eigenvalue weighted by Crippen LogP contribution is -2.45. The first-order valence-corrected chi connectivity index (χ1v) is 12.2. The lowest BCUT2D eigenvalue weighted by Gasteiger charge is -2.28. The number of thiophene rings is 1. The number of hydrogen-bond donors (Lipinski definition) is 3. The van der Waals surface area contributed by atoms with Gasteiger partial charge in [-0.05, 0) is 45.2 Å². The van der Waals surface area contributed by atoms with Gasteiger partial charge < -0.3 is 26.4 Å². The van der Waals surface area contributed by atoms with Gasteiger partial charge in [0.2, 0.25) is 0 Å². The fraction of sp³-hybridized carbons (Fsp3) is 0.458. The molecule has 34 heavy (non-hydrogen) atoms. The number of fused-ring (bicyclic) bond motifs is 2. The molecular formula is C24H29FN6O2S. The first kappa shape index (κ1) is 22.9. The zero-order valence-corrected chi connectivity index (χ0v) is 20.3. The second-order valence-corrected chi connectivity index (χ2v) is 10.5. The number of nitrogens with zero attached hydrogens (tertiary/aromatic N) is 3. The van der Waals surface area contributed by atoms with Crippen LogP contribution in [0.3, 0.4) is 0 Å². The number of carbonyl (C=O) groups is 1. The maximum atomic E-state index is 15.2. The van der Waals surface area contributed by atoms with Gasteiger partial charge in [0.1, 0.15) is 21.3 Å². The minimum atomic E-state index is -0.494. The van der Waals surface area contributed by atoms with Gasteiger partial charge in [0.15, 0.2) is 0 Å². The number of carbonyl (C=O) groups excluding carboxylic acids is 1. The van der Waals surface area contributed by atoms with Gasteiger partial charge in [-0.15, -0.1) is 11.3 Å². The van der Waals surface area contributed by atoms with E-state index in [9.17, 15) is 4.79 Å². The van der Waals surface area contributed by atoms with Gasteiger partial charge in [-0.25, -0.2) is 14.4 Å². The van der Waals surface area contributed by atoms with Crippen molar-refractivity contribution in [3.63, 3.8) is 0 Å². The average Bonchev–Trinajstić information content (AvgIpc) is 3.30. The van der Waals surface area contributed by atoms with E-state index in [4.69, 9.17) is 21.2 Å². The van der Waals surface area contributed by atoms with Crippen LogP contribution < -0.4 is 21.7 Å². The van der Waals surface area contributed by atoms with Crippen molar-refractivity contribution in [3.8, 4) is 0 Å². The number of aromatic nitrogens is 2. The number of methoxy groups -OCH3 is 1. The molecule has 0 aromatic carbocycles. The molecule has 10 heteroatoms. The Kier molecular flexibility index (Phi) is 5.70. The Bertz CT molecular complexity index is 1280. The van der Waals surface area contributed by atoms with Crippen LogP contribution >= 0.6 is 11.3 Å². The van der Waals surface area contributed by atoms with Crippen molar-refractivity contribution >= 4 is 39.0 Å². The van der Waals surface area contributed by atoms with Gasteiger partial charge in [-0.2, -0.15) is 0 Å². The van der Waals surface area contributed by atoms with Gasteiger partial charge in [0, 0.05) is 54.6 Å². The Balaban J connectivity index is 1.32. The molecule has 8 nitrogen and oxygen atoms in total. The molecule has 1 saturated heterocycles. The second kappa shape index (κ2) is 8.44. The van der Waals surface area contributed by atoms with E-state index in [-0.39, 0.29) is 23.8 Å². The maximum Gasteiger partial charge on any atom is 0.263 e. The molecule has 3 aromatic rings. The third kappa shape index (κ3) is 3.89. The Morgan fingerprint density at radius 3 is 2.91 bits per heavy atom. The average molecular weight is 485 g/mol. The highest BCUT2D eigenvalue weighted by atomic mass is 32.1. The molecule has 180 valence electrons. The Morgan fingerprint density at radius 1 is 1.38 bits per heavy atom. The zero-order chi connectivity index (χ0) is 24.2. The fourth-order valence-electron chi connectivity index (χ4n) is 4.83. The number of halogens is 1. The highest BCUT2D eigenvalue weighted by Gasteiger charge is 2.42. The Labute approximate surface area is 201 Å². The smallest absolute Gasteiger partial charge is 0.263 e. The normalized spacial score (nSPS) is 24.4. The van der Waals surface area contributed by atoms with Crippen LogP contribution in [-0.4, -0.2) is 53.8 Å². The lowest BCUT2D eigenvalue weighted by atomic mass is 9.91. The van der Waals surface area contributed by atoms with Crippen molar-refractivity contribution in [2.75, 3.05) is 30.8 Å². The van der Waals surface area contributed by atoms with Crippen LogP contribution in [0.4, 0.5) is 15.9 Å². The molecular weight excluding hydrogens is 455 g/mol. The van der Waals surface area contributed by atoms with Crippen LogP contribution in [0.25, 0.3) is 10.2 Å². The molecule has 2 aliphatic rings.